The largest absolute Gasteiger partial charge is 0.496 e. The zero-order valence-corrected chi connectivity index (χ0v) is 17.8. The van der Waals surface area contributed by atoms with Crippen molar-refractivity contribution in [3.8, 4) is 22.8 Å². The summed E-state index contributed by atoms with van der Waals surface area (Å²) in [6, 6.07) is 6.32. The van der Waals surface area contributed by atoms with Crippen molar-refractivity contribution in [2.75, 3.05) is 7.11 Å². The number of methoxy groups -OCH3 is 1. The highest BCUT2D eigenvalue weighted by molar-refractivity contribution is 6.02. The number of hydrogen-bond acceptors (Lipinski definition) is 5. The van der Waals surface area contributed by atoms with Gasteiger partial charge in [-0.1, -0.05) is 0 Å². The van der Waals surface area contributed by atoms with Gasteiger partial charge in [-0.05, 0) is 50.1 Å². The zero-order chi connectivity index (χ0) is 23.2. The van der Waals surface area contributed by atoms with Crippen LogP contribution < -0.4 is 9.47 Å². The number of alkyl halides is 3. The average Bonchev–Trinajstić information content (AvgIpc) is 3.23. The Kier molecular flexibility index (Phi) is 5.62. The molecule has 0 radical (unpaired) electrons. The standard InChI is InChI=1S/C23H23F3N2O4/c1-23(2,30)14-4-5-28-16(11-27-20(28)10-14)13-8-18(31-3)21(19(9-13)32-22(25)26)17(29)7-12-6-15(12)24/h4-5,8-12,15,22,30H,6-7H2,1-3H3/t12-,15-/m0/s1. The van der Waals surface area contributed by atoms with Gasteiger partial charge in [0.2, 0.25) is 0 Å². The third-order valence-corrected chi connectivity index (χ3v) is 5.58. The van der Waals surface area contributed by atoms with Gasteiger partial charge in [-0.15, -0.1) is 0 Å². The molecular weight excluding hydrogens is 425 g/mol. The van der Waals surface area contributed by atoms with E-state index >= 15 is 0 Å². The second kappa shape index (κ2) is 8.12. The van der Waals surface area contributed by atoms with Gasteiger partial charge in [-0.3, -0.25) is 9.20 Å². The maximum absolute atomic E-state index is 13.3. The second-order valence-corrected chi connectivity index (χ2v) is 8.42. The first-order valence-electron chi connectivity index (χ1n) is 10.1. The minimum Gasteiger partial charge on any atom is -0.496 e. The van der Waals surface area contributed by atoms with Gasteiger partial charge < -0.3 is 14.6 Å². The minimum absolute atomic E-state index is 0.0577. The van der Waals surface area contributed by atoms with Crippen molar-refractivity contribution in [1.29, 1.82) is 0 Å². The van der Waals surface area contributed by atoms with Gasteiger partial charge in [0.05, 0.1) is 24.6 Å². The number of carbonyl (C=O) groups is 1. The number of hydrogen-bond donors (Lipinski definition) is 1. The van der Waals surface area contributed by atoms with Crippen LogP contribution in [-0.4, -0.2) is 40.2 Å². The summed E-state index contributed by atoms with van der Waals surface area (Å²) in [6.45, 7) is 0.154. The Morgan fingerprint density at radius 3 is 2.59 bits per heavy atom. The zero-order valence-electron chi connectivity index (χ0n) is 17.8. The number of ketones is 1. The Morgan fingerprint density at radius 2 is 2.00 bits per heavy atom. The molecule has 1 fully saturated rings. The van der Waals surface area contributed by atoms with Crippen LogP contribution in [-0.2, 0) is 5.60 Å². The summed E-state index contributed by atoms with van der Waals surface area (Å²) < 4.78 is 51.3. The van der Waals surface area contributed by atoms with Crippen LogP contribution in [0.2, 0.25) is 0 Å². The summed E-state index contributed by atoms with van der Waals surface area (Å²) in [5, 5.41) is 10.2. The number of pyridine rings is 1. The Morgan fingerprint density at radius 1 is 1.31 bits per heavy atom. The topological polar surface area (TPSA) is 73.1 Å². The molecule has 4 rings (SSSR count). The number of benzene rings is 1. The fourth-order valence-corrected chi connectivity index (χ4v) is 3.70. The number of Topliss-reactive ketones (excluding diaryl/α,β-unsaturated/α-hetero) is 1. The molecular formula is C23H23F3N2O4. The van der Waals surface area contributed by atoms with Crippen molar-refractivity contribution in [2.45, 2.75) is 45.1 Å². The lowest BCUT2D eigenvalue weighted by molar-refractivity contribution is -0.0502. The third-order valence-electron chi connectivity index (χ3n) is 5.58. The number of aromatic nitrogens is 2. The van der Waals surface area contributed by atoms with E-state index in [0.717, 1.165) is 0 Å². The van der Waals surface area contributed by atoms with Crippen molar-refractivity contribution in [3.05, 3.63) is 47.8 Å². The lowest BCUT2D eigenvalue weighted by atomic mass is 9.99. The maximum Gasteiger partial charge on any atom is 0.387 e. The van der Waals surface area contributed by atoms with E-state index in [2.05, 4.69) is 9.72 Å². The molecule has 0 bridgehead atoms. The molecule has 32 heavy (non-hydrogen) atoms. The van der Waals surface area contributed by atoms with Crippen molar-refractivity contribution in [1.82, 2.24) is 9.38 Å². The number of carbonyl (C=O) groups excluding carboxylic acids is 1. The molecule has 3 aromatic rings. The average molecular weight is 448 g/mol. The molecule has 0 amide bonds. The fraction of sp³-hybridized carbons (Fsp3) is 0.391. The number of aliphatic hydroxyl groups is 1. The predicted molar refractivity (Wildman–Crippen MR) is 111 cm³/mol. The van der Waals surface area contributed by atoms with Crippen LogP contribution >= 0.6 is 0 Å². The lowest BCUT2D eigenvalue weighted by Gasteiger charge is -2.18. The number of ether oxygens (including phenoxy) is 2. The summed E-state index contributed by atoms with van der Waals surface area (Å²) in [4.78, 5) is 17.1. The number of fused-ring (bicyclic) bond motifs is 1. The highest BCUT2D eigenvalue weighted by atomic mass is 19.3. The highest BCUT2D eigenvalue weighted by Gasteiger charge is 2.40. The van der Waals surface area contributed by atoms with E-state index < -0.39 is 30.1 Å². The summed E-state index contributed by atoms with van der Waals surface area (Å²) >= 11 is 0. The molecule has 2 heterocycles. The van der Waals surface area contributed by atoms with Crippen molar-refractivity contribution in [3.63, 3.8) is 0 Å². The summed E-state index contributed by atoms with van der Waals surface area (Å²) in [7, 11) is 1.32. The van der Waals surface area contributed by atoms with E-state index in [1.165, 1.54) is 13.2 Å². The van der Waals surface area contributed by atoms with Crippen LogP contribution in [0.5, 0.6) is 11.5 Å². The first kappa shape index (κ1) is 22.1. The quantitative estimate of drug-likeness (QED) is 0.503. The van der Waals surface area contributed by atoms with Crippen LogP contribution in [0.15, 0.2) is 36.7 Å². The first-order valence-corrected chi connectivity index (χ1v) is 10.1. The molecule has 9 heteroatoms. The van der Waals surface area contributed by atoms with E-state index in [0.29, 0.717) is 22.5 Å². The lowest BCUT2D eigenvalue weighted by Crippen LogP contribution is -2.15. The van der Waals surface area contributed by atoms with Gasteiger partial charge in [0, 0.05) is 24.1 Å². The number of nitrogens with zero attached hydrogens (tertiary/aromatic N) is 2. The molecule has 0 spiro atoms. The van der Waals surface area contributed by atoms with E-state index in [9.17, 15) is 23.1 Å². The van der Waals surface area contributed by atoms with E-state index in [1.807, 2.05) is 0 Å². The third kappa shape index (κ3) is 4.29. The smallest absolute Gasteiger partial charge is 0.387 e. The number of halogens is 3. The molecule has 2 atom stereocenters. The van der Waals surface area contributed by atoms with Crippen LogP contribution in [0.25, 0.3) is 16.9 Å². The fourth-order valence-electron chi connectivity index (χ4n) is 3.70. The highest BCUT2D eigenvalue weighted by Crippen LogP contribution is 2.42. The van der Waals surface area contributed by atoms with Gasteiger partial charge in [0.25, 0.3) is 0 Å². The van der Waals surface area contributed by atoms with E-state index in [1.54, 1.807) is 48.8 Å². The Hall–Kier alpha value is -3.07. The van der Waals surface area contributed by atoms with Gasteiger partial charge >= 0.3 is 6.61 Å². The number of rotatable bonds is 8. The monoisotopic (exact) mass is 448 g/mol. The molecule has 1 saturated carbocycles. The summed E-state index contributed by atoms with van der Waals surface area (Å²) in [5.41, 5.74) is 0.995. The Labute approximate surface area is 182 Å². The van der Waals surface area contributed by atoms with Gasteiger partial charge in [0.1, 0.15) is 28.9 Å². The van der Waals surface area contributed by atoms with E-state index in [4.69, 9.17) is 4.74 Å². The normalized spacial score (nSPS) is 18.2. The molecule has 6 nitrogen and oxygen atoms in total. The molecule has 1 aromatic carbocycles. The molecule has 1 N–H and O–H groups in total. The molecule has 0 aliphatic heterocycles. The second-order valence-electron chi connectivity index (χ2n) is 8.42. The minimum atomic E-state index is -3.16. The molecule has 1 aliphatic rings. The maximum atomic E-state index is 13.3. The molecule has 170 valence electrons. The van der Waals surface area contributed by atoms with Crippen molar-refractivity contribution < 1.29 is 32.5 Å². The SMILES string of the molecule is COc1cc(-c2cnc3cc(C(C)(C)O)ccn23)cc(OC(F)F)c1C(=O)C[C@@H]1C[C@@H]1F. The summed E-state index contributed by atoms with van der Waals surface area (Å²) in [6.07, 6.45) is 2.38. The molecule has 0 saturated heterocycles. The molecule has 1 aliphatic carbocycles. The van der Waals surface area contributed by atoms with Gasteiger partial charge in [-0.2, -0.15) is 8.78 Å². The van der Waals surface area contributed by atoms with Crippen LogP contribution in [0, 0.1) is 5.92 Å². The number of imidazole rings is 1. The van der Waals surface area contributed by atoms with Crippen LogP contribution in [0.4, 0.5) is 13.2 Å². The Bertz CT molecular complexity index is 1170. The van der Waals surface area contributed by atoms with Gasteiger partial charge in [0.15, 0.2) is 5.78 Å². The van der Waals surface area contributed by atoms with Crippen LogP contribution in [0.3, 0.4) is 0 Å². The molecule has 2 aromatic heterocycles. The van der Waals surface area contributed by atoms with Crippen molar-refractivity contribution in [2.24, 2.45) is 5.92 Å². The predicted octanol–water partition coefficient (Wildman–Crippen LogP) is 4.77. The van der Waals surface area contributed by atoms with E-state index in [-0.39, 0.29) is 29.9 Å². The Balaban J connectivity index is 1.80. The first-order chi connectivity index (χ1) is 15.1. The van der Waals surface area contributed by atoms with Crippen LogP contribution in [0.1, 0.15) is 42.6 Å². The molecule has 0 unspecified atom stereocenters. The summed E-state index contributed by atoms with van der Waals surface area (Å²) in [5.74, 6) is -1.20. The van der Waals surface area contributed by atoms with Crippen molar-refractivity contribution >= 4 is 11.4 Å². The van der Waals surface area contributed by atoms with Gasteiger partial charge in [-0.25, -0.2) is 9.37 Å².